The number of urea groups is 1. The van der Waals surface area contributed by atoms with Crippen LogP contribution in [-0.4, -0.2) is 66.9 Å². The van der Waals surface area contributed by atoms with E-state index in [1.165, 1.54) is 12.6 Å². The van der Waals surface area contributed by atoms with Crippen molar-refractivity contribution in [3.8, 4) is 0 Å². The van der Waals surface area contributed by atoms with Crippen molar-refractivity contribution >= 4 is 17.8 Å². The maximum absolute atomic E-state index is 12.4. The molecule has 1 atom stereocenters. The molecule has 4 amide bonds. The topological polar surface area (TPSA) is 81.8 Å². The van der Waals surface area contributed by atoms with E-state index in [4.69, 9.17) is 0 Å². The maximum atomic E-state index is 12.4. The number of hydrogen-bond donors (Lipinski definition) is 2. The summed E-state index contributed by atoms with van der Waals surface area (Å²) in [6.07, 6.45) is 0.396. The van der Waals surface area contributed by atoms with Gasteiger partial charge in [-0.15, -0.1) is 0 Å². The van der Waals surface area contributed by atoms with Gasteiger partial charge in [0.25, 0.3) is 0 Å². The Morgan fingerprint density at radius 3 is 2.24 bits per heavy atom. The number of hydrogen-bond acceptors (Lipinski definition) is 4. The Balaban J connectivity index is 1.82. The predicted octanol–water partition coefficient (Wildman–Crippen LogP) is 0.526. The van der Waals surface area contributed by atoms with Crippen LogP contribution in [0.5, 0.6) is 0 Å². The van der Waals surface area contributed by atoms with Crippen molar-refractivity contribution in [1.82, 2.24) is 20.4 Å². The smallest absolute Gasteiger partial charge is 0.321 e. The van der Waals surface area contributed by atoms with Crippen molar-refractivity contribution in [2.75, 3.05) is 33.2 Å². The van der Waals surface area contributed by atoms with Crippen LogP contribution < -0.4 is 10.6 Å². The third kappa shape index (κ3) is 5.29. The molecule has 1 heterocycles. The Kier molecular flexibility index (Phi) is 6.52. The van der Waals surface area contributed by atoms with Crippen LogP contribution in [0.3, 0.4) is 0 Å². The maximum Gasteiger partial charge on any atom is 0.321 e. The highest BCUT2D eigenvalue weighted by Gasteiger charge is 2.28. The fourth-order valence-corrected chi connectivity index (χ4v) is 2.80. The Labute approximate surface area is 148 Å². The molecule has 7 heteroatoms. The van der Waals surface area contributed by atoms with Crippen LogP contribution >= 0.6 is 0 Å². The van der Waals surface area contributed by atoms with Gasteiger partial charge in [0.1, 0.15) is 0 Å². The summed E-state index contributed by atoms with van der Waals surface area (Å²) in [6.45, 7) is 6.18. The van der Waals surface area contributed by atoms with Crippen molar-refractivity contribution in [2.24, 2.45) is 0 Å². The van der Waals surface area contributed by atoms with Crippen molar-refractivity contribution < 1.29 is 14.4 Å². The number of nitrogens with one attached hydrogen (secondary N) is 2. The average Bonchev–Trinajstić information content (AvgIpc) is 2.62. The molecular weight excluding hydrogens is 320 g/mol. The first kappa shape index (κ1) is 18.9. The minimum absolute atomic E-state index is 0.103. The molecule has 1 aliphatic heterocycles. The quantitative estimate of drug-likeness (QED) is 0.833. The Morgan fingerprint density at radius 1 is 1.08 bits per heavy atom. The molecular formula is C18H26N4O3. The van der Waals surface area contributed by atoms with E-state index in [2.05, 4.69) is 10.6 Å². The fourth-order valence-electron chi connectivity index (χ4n) is 2.80. The summed E-state index contributed by atoms with van der Waals surface area (Å²) < 4.78 is 0. The lowest BCUT2D eigenvalue weighted by Gasteiger charge is -2.37. The third-order valence-electron chi connectivity index (χ3n) is 4.53. The molecule has 0 spiro atoms. The van der Waals surface area contributed by atoms with Crippen LogP contribution in [0.25, 0.3) is 0 Å². The van der Waals surface area contributed by atoms with Crippen molar-refractivity contribution in [1.29, 1.82) is 0 Å². The van der Waals surface area contributed by atoms with Gasteiger partial charge in [0.05, 0.1) is 12.5 Å². The van der Waals surface area contributed by atoms with Gasteiger partial charge in [0, 0.05) is 33.2 Å². The van der Waals surface area contributed by atoms with E-state index in [9.17, 15) is 14.4 Å². The van der Waals surface area contributed by atoms with Crippen LogP contribution in [0.1, 0.15) is 18.1 Å². The van der Waals surface area contributed by atoms with E-state index in [1.54, 1.807) is 6.92 Å². The molecule has 2 rings (SSSR count). The van der Waals surface area contributed by atoms with E-state index in [-0.39, 0.29) is 11.8 Å². The SMILES string of the molecule is CNC(=O)NC(=O)C(C)N1CCN(C(=O)Cc2ccc(C)cc2)CC1. The second-order valence-corrected chi connectivity index (χ2v) is 6.32. The lowest BCUT2D eigenvalue weighted by molar-refractivity contribution is -0.133. The molecule has 1 fully saturated rings. The average molecular weight is 346 g/mol. The summed E-state index contributed by atoms with van der Waals surface area (Å²) in [5.74, 6) is -0.232. The number of imide groups is 1. The molecule has 1 saturated heterocycles. The number of carbonyl (C=O) groups excluding carboxylic acids is 3. The van der Waals surface area contributed by atoms with Crippen molar-refractivity contribution in [3.05, 3.63) is 35.4 Å². The van der Waals surface area contributed by atoms with Gasteiger partial charge in [-0.3, -0.25) is 19.8 Å². The Hall–Kier alpha value is -2.41. The molecule has 0 aromatic heterocycles. The minimum atomic E-state index is -0.510. The lowest BCUT2D eigenvalue weighted by atomic mass is 10.1. The molecule has 136 valence electrons. The van der Waals surface area contributed by atoms with Gasteiger partial charge in [-0.1, -0.05) is 29.8 Å². The van der Waals surface area contributed by atoms with Gasteiger partial charge < -0.3 is 10.2 Å². The molecule has 0 saturated carbocycles. The zero-order valence-corrected chi connectivity index (χ0v) is 15.0. The number of rotatable bonds is 4. The number of carbonyl (C=O) groups is 3. The first-order chi connectivity index (χ1) is 11.9. The van der Waals surface area contributed by atoms with E-state index >= 15 is 0 Å². The molecule has 7 nitrogen and oxygen atoms in total. The minimum Gasteiger partial charge on any atom is -0.341 e. The summed E-state index contributed by atoms with van der Waals surface area (Å²) >= 11 is 0. The second-order valence-electron chi connectivity index (χ2n) is 6.32. The first-order valence-corrected chi connectivity index (χ1v) is 8.50. The highest BCUT2D eigenvalue weighted by atomic mass is 16.2. The van der Waals surface area contributed by atoms with Gasteiger partial charge in [0.15, 0.2) is 0 Å². The Morgan fingerprint density at radius 2 is 1.68 bits per heavy atom. The fraction of sp³-hybridized carbons (Fsp3) is 0.500. The van der Waals surface area contributed by atoms with E-state index in [1.807, 2.05) is 41.0 Å². The summed E-state index contributed by atoms with van der Waals surface area (Å²) in [4.78, 5) is 39.5. The molecule has 25 heavy (non-hydrogen) atoms. The summed E-state index contributed by atoms with van der Waals surface area (Å²) in [5.41, 5.74) is 2.19. The number of nitrogens with zero attached hydrogens (tertiary/aromatic N) is 2. The van der Waals surface area contributed by atoms with Gasteiger partial charge in [-0.25, -0.2) is 4.79 Å². The van der Waals surface area contributed by atoms with Gasteiger partial charge >= 0.3 is 6.03 Å². The normalized spacial score (nSPS) is 16.2. The first-order valence-electron chi connectivity index (χ1n) is 8.50. The number of amides is 4. The van der Waals surface area contributed by atoms with E-state index in [0.29, 0.717) is 32.6 Å². The molecule has 1 aromatic carbocycles. The number of piperazine rings is 1. The van der Waals surface area contributed by atoms with Crippen LogP contribution in [-0.2, 0) is 16.0 Å². The molecule has 1 unspecified atom stereocenters. The second kappa shape index (κ2) is 8.62. The third-order valence-corrected chi connectivity index (χ3v) is 4.53. The zero-order chi connectivity index (χ0) is 18.4. The molecule has 0 radical (unpaired) electrons. The van der Waals surface area contributed by atoms with Gasteiger partial charge in [-0.2, -0.15) is 0 Å². The van der Waals surface area contributed by atoms with E-state index < -0.39 is 12.1 Å². The monoisotopic (exact) mass is 346 g/mol. The summed E-state index contributed by atoms with van der Waals surface area (Å²) in [5, 5.41) is 4.65. The molecule has 0 bridgehead atoms. The van der Waals surface area contributed by atoms with Crippen molar-refractivity contribution in [2.45, 2.75) is 26.3 Å². The van der Waals surface area contributed by atoms with Crippen LogP contribution in [0.4, 0.5) is 4.79 Å². The van der Waals surface area contributed by atoms with Gasteiger partial charge in [-0.05, 0) is 19.4 Å². The number of aryl methyl sites for hydroxylation is 1. The molecule has 1 aliphatic rings. The number of benzene rings is 1. The molecule has 1 aromatic rings. The Bertz CT molecular complexity index is 622. The summed E-state index contributed by atoms with van der Waals surface area (Å²) in [7, 11) is 1.46. The highest BCUT2D eigenvalue weighted by Crippen LogP contribution is 2.10. The van der Waals surface area contributed by atoms with Crippen LogP contribution in [0.2, 0.25) is 0 Å². The molecule has 0 aliphatic carbocycles. The predicted molar refractivity (Wildman–Crippen MR) is 95.1 cm³/mol. The summed E-state index contributed by atoms with van der Waals surface area (Å²) in [6, 6.07) is 7.06. The van der Waals surface area contributed by atoms with Crippen molar-refractivity contribution in [3.63, 3.8) is 0 Å². The van der Waals surface area contributed by atoms with E-state index in [0.717, 1.165) is 5.56 Å². The largest absolute Gasteiger partial charge is 0.341 e. The van der Waals surface area contributed by atoms with Crippen LogP contribution in [0, 0.1) is 6.92 Å². The highest BCUT2D eigenvalue weighted by molar-refractivity contribution is 5.96. The molecule has 2 N–H and O–H groups in total. The zero-order valence-electron chi connectivity index (χ0n) is 15.0. The van der Waals surface area contributed by atoms with Crippen LogP contribution in [0.15, 0.2) is 24.3 Å². The standard InChI is InChI=1S/C18H26N4O3/c1-13-4-6-15(7-5-13)12-16(23)22-10-8-21(9-11-22)14(2)17(24)20-18(25)19-3/h4-7,14H,8-12H2,1-3H3,(H2,19,20,24,25). The van der Waals surface area contributed by atoms with Gasteiger partial charge in [0.2, 0.25) is 11.8 Å². The lowest BCUT2D eigenvalue weighted by Crippen LogP contribution is -2.56.